The van der Waals surface area contributed by atoms with Crippen LogP contribution >= 0.6 is 11.8 Å². The topological polar surface area (TPSA) is 143 Å². The highest BCUT2D eigenvalue weighted by Gasteiger charge is 2.51. The van der Waals surface area contributed by atoms with Gasteiger partial charge < -0.3 is 28.7 Å². The van der Waals surface area contributed by atoms with Crippen molar-refractivity contribution in [1.29, 1.82) is 0 Å². The van der Waals surface area contributed by atoms with Gasteiger partial charge in [0, 0.05) is 27.7 Å². The Morgan fingerprint density at radius 3 is 2.27 bits per heavy atom. The fourth-order valence-electron chi connectivity index (χ4n) is 3.39. The maximum atomic E-state index is 12.0. The summed E-state index contributed by atoms with van der Waals surface area (Å²) in [5.41, 5.74) is 0.286. The number of benzene rings is 1. The number of rotatable bonds is 7. The molecule has 1 aromatic carbocycles. The predicted molar refractivity (Wildman–Crippen MR) is 114 cm³/mol. The summed E-state index contributed by atoms with van der Waals surface area (Å²) in [6.45, 7) is 4.60. The summed E-state index contributed by atoms with van der Waals surface area (Å²) in [6.07, 6.45) is -3.27. The van der Waals surface area contributed by atoms with E-state index in [4.69, 9.17) is 23.4 Å². The van der Waals surface area contributed by atoms with Gasteiger partial charge in [-0.1, -0.05) is 12.1 Å². The lowest BCUT2D eigenvalue weighted by atomic mass is 9.97. The van der Waals surface area contributed by atoms with Crippen molar-refractivity contribution in [3.05, 3.63) is 24.3 Å². The molecule has 0 unspecified atom stereocenters. The van der Waals surface area contributed by atoms with Gasteiger partial charge in [0.2, 0.25) is 5.91 Å². The van der Waals surface area contributed by atoms with E-state index in [1.807, 2.05) is 6.07 Å². The van der Waals surface area contributed by atoms with Gasteiger partial charge in [-0.25, -0.2) is 4.98 Å². The number of thioether (sulfide) groups is 1. The van der Waals surface area contributed by atoms with Crippen LogP contribution in [0, 0.1) is 0 Å². The smallest absolute Gasteiger partial charge is 0.303 e. The Bertz CT molecular complexity index is 1010. The van der Waals surface area contributed by atoms with Gasteiger partial charge in [0.15, 0.2) is 17.8 Å². The third kappa shape index (κ3) is 6.45. The number of aromatic nitrogens is 1. The summed E-state index contributed by atoms with van der Waals surface area (Å²) in [4.78, 5) is 51.4. The third-order valence-corrected chi connectivity index (χ3v) is 5.58. The van der Waals surface area contributed by atoms with Crippen molar-refractivity contribution in [1.82, 2.24) is 10.3 Å². The Labute approximate surface area is 193 Å². The molecule has 1 aliphatic rings. The van der Waals surface area contributed by atoms with Crippen molar-refractivity contribution in [3.63, 3.8) is 0 Å². The SMILES string of the molecule is CC(=O)N[C@@H]1[C@@H](OC(C)=O)[C@H](OC(C)=O)[C@@H](COC(C)=O)O[C@H]1Sc1nc2ccccc2o1. The van der Waals surface area contributed by atoms with Gasteiger partial charge in [0.05, 0.1) is 0 Å². The Balaban J connectivity index is 1.98. The molecule has 11 nitrogen and oxygen atoms in total. The standard InChI is InChI=1S/C21H24N2O9S/c1-10(24)22-17-19(30-13(4)27)18(29-12(3)26)16(9-28-11(2)25)31-20(17)33-21-23-14-7-5-6-8-15(14)32-21/h5-8,16-20H,9H2,1-4H3,(H,22,24)/t16-,17-,18-,19-,20+/m1/s1. The normalized spacial score (nSPS) is 24.7. The van der Waals surface area contributed by atoms with Crippen molar-refractivity contribution in [2.75, 3.05) is 6.61 Å². The van der Waals surface area contributed by atoms with Crippen LogP contribution < -0.4 is 5.32 Å². The van der Waals surface area contributed by atoms with Gasteiger partial charge in [0.25, 0.3) is 5.22 Å². The minimum atomic E-state index is -1.15. The summed E-state index contributed by atoms with van der Waals surface area (Å²) in [5, 5.41) is 2.95. The van der Waals surface area contributed by atoms with Crippen LogP contribution in [0.3, 0.4) is 0 Å². The Morgan fingerprint density at radius 2 is 1.67 bits per heavy atom. The van der Waals surface area contributed by atoms with Gasteiger partial charge in [0.1, 0.15) is 29.7 Å². The first-order valence-corrected chi connectivity index (χ1v) is 10.9. The Morgan fingerprint density at radius 1 is 1.00 bits per heavy atom. The number of hydrogen-bond acceptors (Lipinski definition) is 11. The van der Waals surface area contributed by atoms with E-state index in [1.165, 1.54) is 27.7 Å². The minimum absolute atomic E-state index is 0.246. The Hall–Kier alpha value is -3.12. The molecule has 33 heavy (non-hydrogen) atoms. The van der Waals surface area contributed by atoms with E-state index in [2.05, 4.69) is 10.3 Å². The van der Waals surface area contributed by atoms with Crippen LogP contribution in [0.25, 0.3) is 11.1 Å². The molecule has 2 heterocycles. The number of fused-ring (bicyclic) bond motifs is 1. The Kier molecular flexibility index (Phi) is 7.92. The third-order valence-electron chi connectivity index (χ3n) is 4.56. The number of nitrogens with zero attached hydrogens (tertiary/aromatic N) is 1. The van der Waals surface area contributed by atoms with Crippen LogP contribution in [0.2, 0.25) is 0 Å². The first kappa shape index (κ1) is 24.5. The number of esters is 3. The fourth-order valence-corrected chi connectivity index (χ4v) is 4.45. The van der Waals surface area contributed by atoms with E-state index < -0.39 is 53.6 Å². The van der Waals surface area contributed by atoms with Crippen LogP contribution in [0.15, 0.2) is 33.9 Å². The first-order valence-electron chi connectivity index (χ1n) is 10.1. The lowest BCUT2D eigenvalue weighted by Gasteiger charge is -2.44. The summed E-state index contributed by atoms with van der Waals surface area (Å²) < 4.78 is 27.7. The highest BCUT2D eigenvalue weighted by molar-refractivity contribution is 7.99. The van der Waals surface area contributed by atoms with E-state index in [1.54, 1.807) is 18.2 Å². The van der Waals surface area contributed by atoms with Crippen LogP contribution in [0.4, 0.5) is 0 Å². The van der Waals surface area contributed by atoms with E-state index in [9.17, 15) is 19.2 Å². The molecule has 1 aromatic heterocycles. The lowest BCUT2D eigenvalue weighted by molar-refractivity contribution is -0.211. The molecule has 5 atom stereocenters. The first-order chi connectivity index (χ1) is 15.6. The van der Waals surface area contributed by atoms with Crippen molar-refractivity contribution in [2.45, 2.75) is 62.7 Å². The second-order valence-electron chi connectivity index (χ2n) is 7.29. The molecule has 0 aliphatic carbocycles. The second kappa shape index (κ2) is 10.7. The van der Waals surface area contributed by atoms with Gasteiger partial charge in [-0.05, 0) is 23.9 Å². The molecule has 1 aliphatic heterocycles. The zero-order valence-electron chi connectivity index (χ0n) is 18.4. The highest BCUT2D eigenvalue weighted by Crippen LogP contribution is 2.36. The van der Waals surface area contributed by atoms with E-state index in [0.717, 1.165) is 11.8 Å². The van der Waals surface area contributed by atoms with Crippen molar-refractivity contribution in [2.24, 2.45) is 0 Å². The number of hydrogen-bond donors (Lipinski definition) is 1. The summed E-state index contributed by atoms with van der Waals surface area (Å²) in [5.74, 6) is -2.33. The molecular formula is C21H24N2O9S. The maximum absolute atomic E-state index is 12.0. The average molecular weight is 480 g/mol. The number of nitrogens with one attached hydrogen (secondary N) is 1. The summed E-state index contributed by atoms with van der Waals surface area (Å²) in [6, 6.07) is 6.20. The number of para-hydroxylation sites is 2. The molecule has 1 amide bonds. The molecular weight excluding hydrogens is 456 g/mol. The van der Waals surface area contributed by atoms with Crippen LogP contribution in [-0.4, -0.2) is 65.2 Å². The maximum Gasteiger partial charge on any atom is 0.303 e. The van der Waals surface area contributed by atoms with Crippen LogP contribution in [0.1, 0.15) is 27.7 Å². The van der Waals surface area contributed by atoms with Crippen molar-refractivity contribution >= 4 is 46.7 Å². The highest BCUT2D eigenvalue weighted by atomic mass is 32.2. The van der Waals surface area contributed by atoms with Gasteiger partial charge in [-0.2, -0.15) is 0 Å². The van der Waals surface area contributed by atoms with Crippen molar-refractivity contribution in [3.8, 4) is 0 Å². The van der Waals surface area contributed by atoms with Gasteiger partial charge in [-0.15, -0.1) is 0 Å². The van der Waals surface area contributed by atoms with E-state index >= 15 is 0 Å². The summed E-state index contributed by atoms with van der Waals surface area (Å²) >= 11 is 1.04. The number of carbonyl (C=O) groups is 4. The molecule has 3 rings (SSSR count). The summed E-state index contributed by atoms with van der Waals surface area (Å²) in [7, 11) is 0. The number of oxazole rings is 1. The zero-order chi connectivity index (χ0) is 24.1. The number of amides is 1. The molecule has 12 heteroatoms. The van der Waals surface area contributed by atoms with Crippen LogP contribution in [-0.2, 0) is 38.1 Å². The average Bonchev–Trinajstić information content (AvgIpc) is 3.12. The second-order valence-corrected chi connectivity index (χ2v) is 8.33. The molecule has 0 radical (unpaired) electrons. The molecule has 0 bridgehead atoms. The van der Waals surface area contributed by atoms with Gasteiger partial charge in [-0.3, -0.25) is 19.2 Å². The van der Waals surface area contributed by atoms with E-state index in [-0.39, 0.29) is 11.8 Å². The molecule has 2 aromatic rings. The quantitative estimate of drug-likeness (QED) is 0.455. The molecule has 0 saturated carbocycles. The molecule has 1 N–H and O–H groups in total. The number of carbonyl (C=O) groups excluding carboxylic acids is 4. The fraction of sp³-hybridized carbons (Fsp3) is 0.476. The molecule has 0 spiro atoms. The predicted octanol–water partition coefficient (Wildman–Crippen LogP) is 1.58. The van der Waals surface area contributed by atoms with Gasteiger partial charge >= 0.3 is 17.9 Å². The molecule has 1 fully saturated rings. The lowest BCUT2D eigenvalue weighted by Crippen LogP contribution is -2.65. The molecule has 1 saturated heterocycles. The monoisotopic (exact) mass is 480 g/mol. The minimum Gasteiger partial charge on any atom is -0.463 e. The zero-order valence-corrected chi connectivity index (χ0v) is 19.2. The largest absolute Gasteiger partial charge is 0.463 e. The number of ether oxygens (including phenoxy) is 4. The van der Waals surface area contributed by atoms with E-state index in [0.29, 0.717) is 11.1 Å². The molecule has 178 valence electrons. The van der Waals surface area contributed by atoms with Crippen LogP contribution in [0.5, 0.6) is 0 Å². The van der Waals surface area contributed by atoms with Crippen molar-refractivity contribution < 1.29 is 42.5 Å².